The lowest BCUT2D eigenvalue weighted by molar-refractivity contribution is -0.156. The molecule has 0 heterocycles. The van der Waals surface area contributed by atoms with E-state index in [0.29, 0.717) is 6.16 Å². The molecule has 0 fully saturated rings. The van der Waals surface area contributed by atoms with Crippen LogP contribution in [0.2, 0.25) is 0 Å². The maximum Gasteiger partial charge on any atom is 0.159 e. The van der Waals surface area contributed by atoms with Gasteiger partial charge in [0.15, 0.2) is 7.94 Å². The van der Waals surface area contributed by atoms with Crippen LogP contribution in [0.5, 0.6) is 0 Å². The molecule has 4 nitrogen and oxygen atoms in total. The molecule has 0 saturated heterocycles. The summed E-state index contributed by atoms with van der Waals surface area (Å²) in [5.41, 5.74) is 0.0778. The Bertz CT molecular complexity index is 459. The van der Waals surface area contributed by atoms with Crippen molar-refractivity contribution in [3.8, 4) is 0 Å². The van der Waals surface area contributed by atoms with Gasteiger partial charge in [0.25, 0.3) is 0 Å². The van der Waals surface area contributed by atoms with Crippen LogP contribution in [0, 0.1) is 5.16 Å². The first-order valence-electron chi connectivity index (χ1n) is 14.3. The third-order valence-electron chi connectivity index (χ3n) is 6.98. The highest BCUT2D eigenvalue weighted by atomic mass is 31.1. The second-order valence-electron chi connectivity index (χ2n) is 10.1. The van der Waals surface area contributed by atoms with Crippen LogP contribution in [0.1, 0.15) is 135 Å². The first-order valence-corrected chi connectivity index (χ1v) is 15.8. The maximum atomic E-state index is 11.4. The van der Waals surface area contributed by atoms with Crippen LogP contribution in [-0.4, -0.2) is 30.0 Å². The maximum absolute atomic E-state index is 11.4. The minimum absolute atomic E-state index is 0.0778. The summed E-state index contributed by atoms with van der Waals surface area (Å²) in [5.74, 6) is 0. The summed E-state index contributed by atoms with van der Waals surface area (Å²) < 4.78 is 0. The number of rotatable bonds is 28. The summed E-state index contributed by atoms with van der Waals surface area (Å²) in [5, 5.41) is 20.6. The Labute approximate surface area is 213 Å². The molecule has 0 rings (SSSR count). The zero-order chi connectivity index (χ0) is 25.2. The van der Waals surface area contributed by atoms with Gasteiger partial charge in [0.05, 0.1) is 0 Å². The molecule has 0 saturated carbocycles. The van der Waals surface area contributed by atoms with Gasteiger partial charge in [-0.3, -0.25) is 0 Å². The Morgan fingerprint density at radius 3 is 1.50 bits per heavy atom. The molecule has 1 unspecified atom stereocenters. The monoisotopic (exact) mass is 496 g/mol. The Morgan fingerprint density at radius 1 is 0.676 bits per heavy atom. The van der Waals surface area contributed by atoms with Gasteiger partial charge in [-0.25, -0.2) is 0 Å². The molecule has 0 aliphatic rings. The molecule has 34 heavy (non-hydrogen) atoms. The van der Waals surface area contributed by atoms with Crippen molar-refractivity contribution in [1.29, 1.82) is 5.16 Å². The van der Waals surface area contributed by atoms with Crippen molar-refractivity contribution in [2.75, 3.05) is 19.3 Å². The SMILES string of the molecule is C=CCCCCCCCCCC(CCCCCCCCCC=C)(CCC[P+](=N)[O-])NCCCO. The average Bonchev–Trinajstić information content (AvgIpc) is 2.82. The number of nitrogens with one attached hydrogen (secondary N) is 2. The Morgan fingerprint density at radius 2 is 1.09 bits per heavy atom. The Kier molecular flexibility index (Phi) is 25.1. The smallest absolute Gasteiger partial charge is 0.159 e. The standard InChI is InChI=1S/C29H57N2O2P/c1-3-5-7-9-11-13-15-17-19-23-29(31-26-22-27-32,25-21-28-34(30)33)24-20-18-16-14-12-10-8-6-4-2/h3-4,30-32H,1-2,5-28H2. The van der Waals surface area contributed by atoms with E-state index < -0.39 is 7.94 Å². The number of hydrogen-bond acceptors (Lipinski definition) is 4. The fraction of sp³-hybridized carbons (Fsp3) is 0.862. The largest absolute Gasteiger partial charge is 0.612 e. The lowest BCUT2D eigenvalue weighted by Gasteiger charge is -2.36. The molecule has 0 amide bonds. The van der Waals surface area contributed by atoms with E-state index in [-0.39, 0.29) is 12.1 Å². The van der Waals surface area contributed by atoms with Gasteiger partial charge in [0, 0.05) is 12.1 Å². The second-order valence-corrected chi connectivity index (χ2v) is 11.3. The van der Waals surface area contributed by atoms with Gasteiger partial charge < -0.3 is 15.3 Å². The summed E-state index contributed by atoms with van der Waals surface area (Å²) in [7, 11) is -1.80. The topological polar surface area (TPSA) is 79.2 Å². The summed E-state index contributed by atoms with van der Waals surface area (Å²) in [6.07, 6.45) is 29.9. The Hall–Kier alpha value is -0.540. The molecule has 0 aromatic heterocycles. The molecular formula is C29H57N2O2P. The van der Waals surface area contributed by atoms with Gasteiger partial charge >= 0.3 is 0 Å². The van der Waals surface area contributed by atoms with Gasteiger partial charge in [-0.1, -0.05) is 89.2 Å². The molecule has 1 atom stereocenters. The minimum Gasteiger partial charge on any atom is -0.612 e. The first-order chi connectivity index (χ1) is 16.6. The highest BCUT2D eigenvalue weighted by Crippen LogP contribution is 2.30. The number of hydrogen-bond donors (Lipinski definition) is 3. The zero-order valence-corrected chi connectivity index (χ0v) is 23.2. The summed E-state index contributed by atoms with van der Waals surface area (Å²) in [6, 6.07) is 0. The molecule has 200 valence electrons. The highest BCUT2D eigenvalue weighted by Gasteiger charge is 2.28. The van der Waals surface area contributed by atoms with E-state index >= 15 is 0 Å². The molecule has 0 radical (unpaired) electrons. The number of aliphatic hydroxyl groups excluding tert-OH is 1. The zero-order valence-electron chi connectivity index (χ0n) is 22.3. The van der Waals surface area contributed by atoms with Gasteiger partial charge in [0.1, 0.15) is 6.16 Å². The van der Waals surface area contributed by atoms with E-state index in [2.05, 4.69) is 18.5 Å². The molecule has 0 aromatic carbocycles. The van der Waals surface area contributed by atoms with Crippen molar-refractivity contribution in [3.63, 3.8) is 0 Å². The number of aliphatic hydroxyl groups is 1. The van der Waals surface area contributed by atoms with E-state index in [1.807, 2.05) is 12.2 Å². The predicted molar refractivity (Wildman–Crippen MR) is 150 cm³/mol. The van der Waals surface area contributed by atoms with Crippen LogP contribution in [0.3, 0.4) is 0 Å². The van der Waals surface area contributed by atoms with Gasteiger partial charge in [-0.15, -0.1) is 18.3 Å². The second kappa shape index (κ2) is 25.5. The molecule has 0 spiro atoms. The van der Waals surface area contributed by atoms with Gasteiger partial charge in [-0.2, -0.15) is 0 Å². The van der Waals surface area contributed by atoms with Crippen molar-refractivity contribution in [2.24, 2.45) is 0 Å². The lowest BCUT2D eigenvalue weighted by Crippen LogP contribution is -2.46. The van der Waals surface area contributed by atoms with E-state index in [0.717, 1.165) is 51.5 Å². The van der Waals surface area contributed by atoms with Crippen LogP contribution in [-0.2, 0) is 0 Å². The van der Waals surface area contributed by atoms with Crippen molar-refractivity contribution in [3.05, 3.63) is 25.3 Å². The van der Waals surface area contributed by atoms with Crippen molar-refractivity contribution < 1.29 is 10.00 Å². The molecular weight excluding hydrogens is 439 g/mol. The lowest BCUT2D eigenvalue weighted by atomic mass is 9.82. The normalized spacial score (nSPS) is 12.1. The van der Waals surface area contributed by atoms with E-state index in [1.54, 1.807) is 0 Å². The average molecular weight is 497 g/mol. The minimum atomic E-state index is -1.80. The van der Waals surface area contributed by atoms with Crippen molar-refractivity contribution in [1.82, 2.24) is 5.32 Å². The fourth-order valence-corrected chi connectivity index (χ4v) is 5.35. The van der Waals surface area contributed by atoms with Crippen LogP contribution in [0.4, 0.5) is 0 Å². The summed E-state index contributed by atoms with van der Waals surface area (Å²) in [6.45, 7) is 8.66. The molecule has 0 aliphatic heterocycles. The van der Waals surface area contributed by atoms with Crippen LogP contribution in [0.15, 0.2) is 25.3 Å². The molecule has 5 heteroatoms. The highest BCUT2D eigenvalue weighted by molar-refractivity contribution is 7.37. The number of allylic oxidation sites excluding steroid dienone is 2. The van der Waals surface area contributed by atoms with Gasteiger partial charge in [-0.05, 0) is 64.3 Å². The van der Waals surface area contributed by atoms with Crippen LogP contribution < -0.4 is 10.2 Å². The molecule has 3 N–H and O–H groups in total. The summed E-state index contributed by atoms with van der Waals surface area (Å²) in [4.78, 5) is 11.4. The van der Waals surface area contributed by atoms with E-state index in [9.17, 15) is 10.00 Å². The fourth-order valence-electron chi connectivity index (χ4n) is 4.91. The number of unbranched alkanes of at least 4 members (excludes halogenated alkanes) is 14. The third kappa shape index (κ3) is 22.0. The third-order valence-corrected chi connectivity index (χ3v) is 7.70. The van der Waals surface area contributed by atoms with Crippen molar-refractivity contribution in [2.45, 2.75) is 140 Å². The van der Waals surface area contributed by atoms with Crippen LogP contribution >= 0.6 is 7.94 Å². The van der Waals surface area contributed by atoms with E-state index in [1.165, 1.54) is 89.9 Å². The molecule has 0 aromatic rings. The quantitative estimate of drug-likeness (QED) is 0.0578. The summed E-state index contributed by atoms with van der Waals surface area (Å²) >= 11 is 0. The first kappa shape index (κ1) is 33.5. The van der Waals surface area contributed by atoms with Crippen LogP contribution in [0.25, 0.3) is 0 Å². The van der Waals surface area contributed by atoms with E-state index in [4.69, 9.17) is 5.16 Å². The molecule has 0 aliphatic carbocycles. The molecule has 0 bridgehead atoms. The van der Waals surface area contributed by atoms with Crippen molar-refractivity contribution >= 4 is 7.94 Å². The Balaban J connectivity index is 4.53. The predicted octanol–water partition coefficient (Wildman–Crippen LogP) is 8.39. The van der Waals surface area contributed by atoms with Gasteiger partial charge in [0.2, 0.25) is 0 Å².